The number of para-hydroxylation sites is 2. The molecule has 2 aromatic carbocycles. The first-order valence-electron chi connectivity index (χ1n) is 10.6. The molecule has 2 aromatic heterocycles. The van der Waals surface area contributed by atoms with Crippen LogP contribution in [-0.4, -0.2) is 32.8 Å². The Kier molecular flexibility index (Phi) is 5.73. The number of carbonyl (C=O) groups excluding carboxylic acids is 1. The molecule has 0 bridgehead atoms. The highest BCUT2D eigenvalue weighted by atomic mass is 35.5. The lowest BCUT2D eigenvalue weighted by molar-refractivity contribution is -0.113. The summed E-state index contributed by atoms with van der Waals surface area (Å²) in [5.74, 6) is 1.21. The van der Waals surface area contributed by atoms with Crippen molar-refractivity contribution < 1.29 is 9.53 Å². The Morgan fingerprint density at radius 3 is 2.62 bits per heavy atom. The SMILES string of the molecule is COc1ccccc1NC(=O)C1=C(C)Nc2nc(-c3ccccc3Cl)nn2[C@@H]1c1ccccn1. The largest absolute Gasteiger partial charge is 0.495 e. The van der Waals surface area contributed by atoms with Crippen LogP contribution in [0.2, 0.25) is 5.02 Å². The Bertz CT molecular complexity index is 1400. The Morgan fingerprint density at radius 2 is 1.85 bits per heavy atom. The third-order valence-corrected chi connectivity index (χ3v) is 5.86. The van der Waals surface area contributed by atoms with E-state index in [0.29, 0.717) is 50.8 Å². The van der Waals surface area contributed by atoms with E-state index in [4.69, 9.17) is 21.4 Å². The first kappa shape index (κ1) is 21.7. The van der Waals surface area contributed by atoms with Gasteiger partial charge < -0.3 is 15.4 Å². The van der Waals surface area contributed by atoms with Crippen molar-refractivity contribution in [1.29, 1.82) is 0 Å². The number of methoxy groups -OCH3 is 1. The number of carbonyl (C=O) groups is 1. The third-order valence-electron chi connectivity index (χ3n) is 5.54. The normalized spacial score (nSPS) is 14.9. The molecule has 0 aliphatic carbocycles. The second-order valence-electron chi connectivity index (χ2n) is 7.66. The van der Waals surface area contributed by atoms with Gasteiger partial charge in [0.05, 0.1) is 29.1 Å². The van der Waals surface area contributed by atoms with E-state index in [-0.39, 0.29) is 5.91 Å². The summed E-state index contributed by atoms with van der Waals surface area (Å²) in [6.45, 7) is 1.83. The summed E-state index contributed by atoms with van der Waals surface area (Å²) in [6.07, 6.45) is 1.69. The molecule has 0 spiro atoms. The molecule has 3 heterocycles. The molecule has 0 saturated carbocycles. The van der Waals surface area contributed by atoms with Crippen LogP contribution in [0.15, 0.2) is 84.2 Å². The van der Waals surface area contributed by atoms with Gasteiger partial charge in [0.15, 0.2) is 5.82 Å². The van der Waals surface area contributed by atoms with Crippen molar-refractivity contribution in [3.8, 4) is 17.1 Å². The fraction of sp³-hybridized carbons (Fsp3) is 0.120. The van der Waals surface area contributed by atoms with Gasteiger partial charge in [-0.3, -0.25) is 9.78 Å². The highest BCUT2D eigenvalue weighted by Crippen LogP contribution is 2.37. The molecule has 1 amide bonds. The zero-order valence-electron chi connectivity index (χ0n) is 18.5. The number of allylic oxidation sites excluding steroid dienone is 1. The van der Waals surface area contributed by atoms with E-state index in [1.165, 1.54) is 0 Å². The van der Waals surface area contributed by atoms with Crippen LogP contribution < -0.4 is 15.4 Å². The van der Waals surface area contributed by atoms with Gasteiger partial charge in [0.1, 0.15) is 11.8 Å². The summed E-state index contributed by atoms with van der Waals surface area (Å²) in [5.41, 5.74) is 3.04. The maximum Gasteiger partial charge on any atom is 0.256 e. The van der Waals surface area contributed by atoms with Crippen LogP contribution in [-0.2, 0) is 4.79 Å². The molecule has 0 radical (unpaired) electrons. The minimum absolute atomic E-state index is 0.300. The molecule has 0 unspecified atom stereocenters. The highest BCUT2D eigenvalue weighted by Gasteiger charge is 2.35. The number of anilines is 2. The summed E-state index contributed by atoms with van der Waals surface area (Å²) in [7, 11) is 1.56. The van der Waals surface area contributed by atoms with Crippen molar-refractivity contribution in [3.05, 3.63) is 94.9 Å². The third kappa shape index (κ3) is 3.88. The number of aromatic nitrogens is 4. The second-order valence-corrected chi connectivity index (χ2v) is 8.07. The Morgan fingerprint density at radius 1 is 1.09 bits per heavy atom. The smallest absolute Gasteiger partial charge is 0.256 e. The molecule has 8 nitrogen and oxygen atoms in total. The lowest BCUT2D eigenvalue weighted by Crippen LogP contribution is -2.32. The van der Waals surface area contributed by atoms with Crippen LogP contribution in [0.3, 0.4) is 0 Å². The Balaban J connectivity index is 1.60. The number of rotatable bonds is 5. The number of benzene rings is 2. The van der Waals surface area contributed by atoms with Gasteiger partial charge in [0.2, 0.25) is 5.95 Å². The Hall–Kier alpha value is -4.17. The van der Waals surface area contributed by atoms with E-state index in [2.05, 4.69) is 20.6 Å². The van der Waals surface area contributed by atoms with Gasteiger partial charge in [-0.25, -0.2) is 4.68 Å². The van der Waals surface area contributed by atoms with Crippen LogP contribution in [0.5, 0.6) is 5.75 Å². The van der Waals surface area contributed by atoms with Crippen LogP contribution >= 0.6 is 11.6 Å². The van der Waals surface area contributed by atoms with E-state index in [1.54, 1.807) is 36.2 Å². The standard InChI is InChI=1S/C25H21ClN6O2/c1-15-21(24(33)29-18-11-5-6-13-20(18)34-2)22(19-12-7-8-14-27-19)32-25(28-15)30-23(31-32)16-9-3-4-10-17(16)26/h3-14,22H,1-2H3,(H,29,33)(H,28,30,31)/t22-/m1/s1. The summed E-state index contributed by atoms with van der Waals surface area (Å²) >= 11 is 6.39. The number of hydrogen-bond acceptors (Lipinski definition) is 6. The molecule has 0 fully saturated rings. The van der Waals surface area contributed by atoms with E-state index in [9.17, 15) is 4.79 Å². The molecule has 9 heteroatoms. The maximum atomic E-state index is 13.6. The number of halogens is 1. The summed E-state index contributed by atoms with van der Waals surface area (Å²) in [6, 6.07) is 19.6. The van der Waals surface area contributed by atoms with Gasteiger partial charge in [-0.2, -0.15) is 4.98 Å². The lowest BCUT2D eigenvalue weighted by Gasteiger charge is -2.28. The fourth-order valence-electron chi connectivity index (χ4n) is 3.95. The molecule has 1 aliphatic rings. The van der Waals surface area contributed by atoms with Gasteiger partial charge in [0.25, 0.3) is 5.91 Å². The minimum Gasteiger partial charge on any atom is -0.495 e. The predicted molar refractivity (Wildman–Crippen MR) is 131 cm³/mol. The summed E-state index contributed by atoms with van der Waals surface area (Å²) in [4.78, 5) is 22.8. The average molecular weight is 473 g/mol. The summed E-state index contributed by atoms with van der Waals surface area (Å²) < 4.78 is 7.06. The molecule has 5 rings (SSSR count). The van der Waals surface area contributed by atoms with Crippen LogP contribution in [0, 0.1) is 0 Å². The van der Waals surface area contributed by atoms with E-state index in [0.717, 1.165) is 0 Å². The number of pyridine rings is 1. The molecule has 4 aromatic rings. The lowest BCUT2D eigenvalue weighted by atomic mass is 9.98. The first-order chi connectivity index (χ1) is 16.6. The number of ether oxygens (including phenoxy) is 1. The predicted octanol–water partition coefficient (Wildman–Crippen LogP) is 4.93. The maximum absolute atomic E-state index is 13.6. The Labute approximate surface area is 201 Å². The number of fused-ring (bicyclic) bond motifs is 1. The second kappa shape index (κ2) is 8.99. The van der Waals surface area contributed by atoms with Crippen molar-refractivity contribution in [2.75, 3.05) is 17.7 Å². The highest BCUT2D eigenvalue weighted by molar-refractivity contribution is 6.33. The minimum atomic E-state index is -0.601. The number of amides is 1. The van der Waals surface area contributed by atoms with E-state index in [1.807, 2.05) is 55.5 Å². The van der Waals surface area contributed by atoms with Crippen LogP contribution in [0.1, 0.15) is 18.7 Å². The number of hydrogen-bond donors (Lipinski definition) is 2. The average Bonchev–Trinajstić information content (AvgIpc) is 3.27. The summed E-state index contributed by atoms with van der Waals surface area (Å²) in [5, 5.41) is 11.5. The number of nitrogens with one attached hydrogen (secondary N) is 2. The van der Waals surface area contributed by atoms with Crippen LogP contribution in [0.25, 0.3) is 11.4 Å². The van der Waals surface area contributed by atoms with Gasteiger partial charge in [-0.1, -0.05) is 41.9 Å². The molecular formula is C25H21ClN6O2. The molecule has 2 N–H and O–H groups in total. The first-order valence-corrected chi connectivity index (χ1v) is 11.0. The van der Waals surface area contributed by atoms with Crippen molar-refractivity contribution in [3.63, 3.8) is 0 Å². The van der Waals surface area contributed by atoms with Crippen molar-refractivity contribution in [2.45, 2.75) is 13.0 Å². The van der Waals surface area contributed by atoms with Crippen molar-refractivity contribution in [1.82, 2.24) is 19.7 Å². The zero-order valence-corrected chi connectivity index (χ0v) is 19.2. The molecular weight excluding hydrogens is 452 g/mol. The van der Waals surface area contributed by atoms with E-state index >= 15 is 0 Å². The number of nitrogens with zero attached hydrogens (tertiary/aromatic N) is 4. The van der Waals surface area contributed by atoms with Gasteiger partial charge in [0, 0.05) is 17.5 Å². The van der Waals surface area contributed by atoms with E-state index < -0.39 is 6.04 Å². The van der Waals surface area contributed by atoms with Gasteiger partial charge in [-0.15, -0.1) is 5.10 Å². The van der Waals surface area contributed by atoms with Gasteiger partial charge in [-0.05, 0) is 43.3 Å². The molecule has 170 valence electrons. The fourth-order valence-corrected chi connectivity index (χ4v) is 4.17. The van der Waals surface area contributed by atoms with Gasteiger partial charge >= 0.3 is 0 Å². The molecule has 1 aliphatic heterocycles. The molecule has 0 saturated heterocycles. The monoisotopic (exact) mass is 472 g/mol. The van der Waals surface area contributed by atoms with Crippen LogP contribution in [0.4, 0.5) is 11.6 Å². The zero-order chi connectivity index (χ0) is 23.7. The molecule has 34 heavy (non-hydrogen) atoms. The van der Waals surface area contributed by atoms with Crippen molar-refractivity contribution in [2.24, 2.45) is 0 Å². The quantitative estimate of drug-likeness (QED) is 0.427. The topological polar surface area (TPSA) is 94.0 Å². The van der Waals surface area contributed by atoms with Crippen molar-refractivity contribution >= 4 is 29.1 Å². The molecule has 1 atom stereocenters.